The summed E-state index contributed by atoms with van der Waals surface area (Å²) in [6.07, 6.45) is 0. The Morgan fingerprint density at radius 1 is 0.571 bits per heavy atom. The SMILES string of the molecule is [Cd+2].[N-]=C=S.[N-]=C=S.[N-]=C=S.[N-]=C=S.[Zn+2]. The molecule has 0 aromatic heterocycles. The van der Waals surface area contributed by atoms with Crippen molar-refractivity contribution in [2.45, 2.75) is 0 Å². The van der Waals surface area contributed by atoms with Gasteiger partial charge < -0.3 is 21.6 Å². The molecule has 10 heteroatoms. The van der Waals surface area contributed by atoms with E-state index in [2.05, 4.69) is 48.9 Å². The zero-order valence-corrected chi connectivity index (χ0v) is 17.1. The third-order valence-electron chi connectivity index (χ3n) is 0. The summed E-state index contributed by atoms with van der Waals surface area (Å²) in [4.78, 5) is 0. The molecule has 0 aromatic carbocycles. The van der Waals surface area contributed by atoms with Crippen molar-refractivity contribution in [3.63, 3.8) is 0 Å². The van der Waals surface area contributed by atoms with Crippen LogP contribution in [0, 0.1) is 0 Å². The van der Waals surface area contributed by atoms with Crippen LogP contribution in [0.2, 0.25) is 0 Å². The molecule has 0 saturated carbocycles. The summed E-state index contributed by atoms with van der Waals surface area (Å²) < 4.78 is 0. The van der Waals surface area contributed by atoms with Crippen LogP contribution in [0.25, 0.3) is 21.6 Å². The fourth-order valence-electron chi connectivity index (χ4n) is 0. The van der Waals surface area contributed by atoms with E-state index in [1.54, 1.807) is 0 Å². The van der Waals surface area contributed by atoms with E-state index in [0.717, 1.165) is 0 Å². The molecule has 0 rings (SSSR count). The first-order valence-corrected chi connectivity index (χ1v) is 3.34. The van der Waals surface area contributed by atoms with E-state index in [1.165, 1.54) is 20.6 Å². The summed E-state index contributed by atoms with van der Waals surface area (Å²) in [5.41, 5.74) is 0. The van der Waals surface area contributed by atoms with Crippen molar-refractivity contribution in [3.05, 3.63) is 21.6 Å². The van der Waals surface area contributed by atoms with Crippen LogP contribution in [-0.2, 0) is 46.8 Å². The largest absolute Gasteiger partial charge is 2.00 e. The molecule has 0 saturated heterocycles. The molecule has 4 nitrogen and oxygen atoms in total. The molecule has 0 aliphatic carbocycles. The predicted octanol–water partition coefficient (Wildman–Crippen LogP) is 2.63. The van der Waals surface area contributed by atoms with Crippen LogP contribution >= 0.6 is 48.9 Å². The van der Waals surface area contributed by atoms with Crippen molar-refractivity contribution in [3.8, 4) is 0 Å². The summed E-state index contributed by atoms with van der Waals surface area (Å²) in [5.74, 6) is 0. The van der Waals surface area contributed by atoms with Crippen LogP contribution in [0.5, 0.6) is 0 Å². The summed E-state index contributed by atoms with van der Waals surface area (Å²) in [5, 5.41) is 33.9. The van der Waals surface area contributed by atoms with Crippen molar-refractivity contribution in [1.82, 2.24) is 0 Å². The number of hydrogen-bond acceptors (Lipinski definition) is 4. The van der Waals surface area contributed by atoms with Crippen LogP contribution in [0.15, 0.2) is 0 Å². The molecule has 0 amide bonds. The topological polar surface area (TPSA) is 89.2 Å². The van der Waals surface area contributed by atoms with Gasteiger partial charge in [-0.05, 0) is 0 Å². The average Bonchev–Trinajstić information content (AvgIpc) is 1.92. The Labute approximate surface area is 136 Å². The normalized spacial score (nSPS) is 2.29. The summed E-state index contributed by atoms with van der Waals surface area (Å²) in [6, 6.07) is 0. The second kappa shape index (κ2) is 99.2. The Morgan fingerprint density at radius 2 is 0.571 bits per heavy atom. The van der Waals surface area contributed by atoms with Gasteiger partial charge in [-0.15, -0.1) is 0 Å². The van der Waals surface area contributed by atoms with Gasteiger partial charge in [-0.2, -0.15) is 20.6 Å². The molecule has 14 heavy (non-hydrogen) atoms. The fraction of sp³-hybridized carbons (Fsp3) is 0. The van der Waals surface area contributed by atoms with Crippen LogP contribution in [0.1, 0.15) is 0 Å². The van der Waals surface area contributed by atoms with Gasteiger partial charge in [0.05, 0.1) is 0 Å². The monoisotopic (exact) mass is 410 g/mol. The third-order valence-corrected chi connectivity index (χ3v) is 0. The van der Waals surface area contributed by atoms with Crippen LogP contribution in [0.4, 0.5) is 0 Å². The van der Waals surface area contributed by atoms with Gasteiger partial charge >= 0.3 is 46.8 Å². The molecule has 0 unspecified atom stereocenters. The van der Waals surface area contributed by atoms with Gasteiger partial charge in [0.2, 0.25) is 0 Å². The molecule has 0 fully saturated rings. The number of hydrogen-bond donors (Lipinski definition) is 0. The van der Waals surface area contributed by atoms with Crippen molar-refractivity contribution >= 4 is 69.5 Å². The van der Waals surface area contributed by atoms with Crippen LogP contribution in [-0.4, -0.2) is 20.6 Å². The molecule has 0 heterocycles. The maximum absolute atomic E-state index is 7.13. The van der Waals surface area contributed by atoms with Gasteiger partial charge in [0.1, 0.15) is 0 Å². The summed E-state index contributed by atoms with van der Waals surface area (Å²) in [7, 11) is 0. The van der Waals surface area contributed by atoms with E-state index in [9.17, 15) is 0 Å². The Kier molecular flexibility index (Phi) is 258. The van der Waals surface area contributed by atoms with Crippen molar-refractivity contribution in [2.75, 3.05) is 0 Å². The molecule has 0 atom stereocenters. The second-order valence-corrected chi connectivity index (χ2v) is 1.10. The number of nitrogens with zero attached hydrogens (tertiary/aromatic N) is 4. The van der Waals surface area contributed by atoms with Gasteiger partial charge in [-0.1, -0.05) is 48.9 Å². The summed E-state index contributed by atoms with van der Waals surface area (Å²) >= 11 is 14.8. The van der Waals surface area contributed by atoms with Gasteiger partial charge in [-0.25, -0.2) is 0 Å². The minimum Gasteiger partial charge on any atom is -0.753 e. The van der Waals surface area contributed by atoms with Gasteiger partial charge in [-0.3, -0.25) is 0 Å². The van der Waals surface area contributed by atoms with E-state index in [4.69, 9.17) is 21.6 Å². The Hall–Kier alpha value is 0.745. The maximum Gasteiger partial charge on any atom is 2.00 e. The molecule has 0 bridgehead atoms. The molecule has 0 N–H and O–H groups in total. The molecular formula is C4CdN4S4Zn. The van der Waals surface area contributed by atoms with Crippen molar-refractivity contribution in [2.24, 2.45) is 0 Å². The Bertz CT molecular complexity index is 161. The first kappa shape index (κ1) is 36.4. The average molecular weight is 410 g/mol. The quantitative estimate of drug-likeness (QED) is 0.349. The molecule has 0 aromatic rings. The minimum atomic E-state index is 0. The standard InChI is InChI=1S/4CNS.Cd.Zn/c4*2-1-3;;/q4*-1;2*+2. The zero-order chi connectivity index (χ0) is 10.8. The number of isothiocyanates is 4. The molecule has 0 spiro atoms. The molecular weight excluding hydrogens is 410 g/mol. The number of thiocarbonyl (C=S) groups is 4. The van der Waals surface area contributed by atoms with Crippen LogP contribution in [0.3, 0.4) is 0 Å². The second-order valence-electron chi connectivity index (χ2n) is 0.365. The van der Waals surface area contributed by atoms with E-state index in [0.29, 0.717) is 0 Å². The Balaban J connectivity index is -0.0000000145. The van der Waals surface area contributed by atoms with Gasteiger partial charge in [0, 0.05) is 0 Å². The van der Waals surface area contributed by atoms with Gasteiger partial charge in [0.25, 0.3) is 0 Å². The van der Waals surface area contributed by atoms with E-state index < -0.39 is 0 Å². The summed E-state index contributed by atoms with van der Waals surface area (Å²) in [6.45, 7) is 0. The fourth-order valence-corrected chi connectivity index (χ4v) is 0. The minimum absolute atomic E-state index is 0. The van der Waals surface area contributed by atoms with E-state index in [-0.39, 0.29) is 46.8 Å². The zero-order valence-electron chi connectivity index (χ0n) is 6.84. The van der Waals surface area contributed by atoms with Gasteiger partial charge in [0.15, 0.2) is 0 Å². The maximum atomic E-state index is 7.13. The predicted molar refractivity (Wildman–Crippen MR) is 63.8 cm³/mol. The van der Waals surface area contributed by atoms with Crippen molar-refractivity contribution < 1.29 is 46.8 Å². The molecule has 0 aliphatic rings. The van der Waals surface area contributed by atoms with Crippen molar-refractivity contribution in [1.29, 1.82) is 0 Å². The first-order valence-electron chi connectivity index (χ1n) is 1.71. The smallest absolute Gasteiger partial charge is 0.753 e. The molecule has 64 valence electrons. The molecule has 0 aliphatic heterocycles. The number of rotatable bonds is 0. The first-order chi connectivity index (χ1) is 5.66. The Morgan fingerprint density at radius 3 is 0.571 bits per heavy atom. The molecule has 0 radical (unpaired) electrons. The third kappa shape index (κ3) is 3160. The van der Waals surface area contributed by atoms with E-state index in [1.807, 2.05) is 0 Å². The van der Waals surface area contributed by atoms with Crippen LogP contribution < -0.4 is 0 Å². The van der Waals surface area contributed by atoms with E-state index >= 15 is 0 Å².